The maximum absolute atomic E-state index is 12.6. The lowest BCUT2D eigenvalue weighted by Gasteiger charge is -2.34. The van der Waals surface area contributed by atoms with Gasteiger partial charge in [-0.2, -0.15) is 0 Å². The monoisotopic (exact) mass is 338 g/mol. The third kappa shape index (κ3) is 4.40. The maximum Gasteiger partial charge on any atom is 0.217 e. The molecule has 2 rings (SSSR count). The number of nitrogens with zero attached hydrogens (tertiary/aromatic N) is 1. The lowest BCUT2D eigenvalue weighted by Crippen LogP contribution is -2.46. The first-order valence-electron chi connectivity index (χ1n) is 7.75. The van der Waals surface area contributed by atoms with E-state index in [1.165, 1.54) is 0 Å². The van der Waals surface area contributed by atoms with E-state index in [0.717, 1.165) is 25.9 Å². The normalized spacial score (nSPS) is 26.0. The van der Waals surface area contributed by atoms with E-state index >= 15 is 0 Å². The van der Waals surface area contributed by atoms with Crippen molar-refractivity contribution in [2.75, 3.05) is 37.7 Å². The van der Waals surface area contributed by atoms with E-state index in [1.807, 2.05) is 0 Å². The second-order valence-electron chi connectivity index (χ2n) is 6.05. The zero-order valence-corrected chi connectivity index (χ0v) is 14.3. The minimum Gasteiger partial charge on any atom is -0.317 e. The first kappa shape index (κ1) is 17.2. The molecule has 2 heterocycles. The van der Waals surface area contributed by atoms with Gasteiger partial charge in [0.25, 0.3) is 0 Å². The third-order valence-electron chi connectivity index (χ3n) is 4.54. The molecule has 2 saturated heterocycles. The minimum absolute atomic E-state index is 0.00772. The summed E-state index contributed by atoms with van der Waals surface area (Å²) in [4.78, 5) is 0. The van der Waals surface area contributed by atoms with E-state index < -0.39 is 25.1 Å². The molecule has 2 aliphatic heterocycles. The van der Waals surface area contributed by atoms with Crippen LogP contribution >= 0.6 is 0 Å². The van der Waals surface area contributed by atoms with Crippen molar-refractivity contribution >= 4 is 19.9 Å². The fourth-order valence-corrected chi connectivity index (χ4v) is 6.86. The lowest BCUT2D eigenvalue weighted by atomic mass is 9.98. The van der Waals surface area contributed by atoms with Crippen LogP contribution in [0.3, 0.4) is 0 Å². The Labute approximate surface area is 128 Å². The minimum atomic E-state index is -3.33. The molecule has 0 spiro atoms. The number of hydrogen-bond acceptors (Lipinski definition) is 5. The first-order valence-corrected chi connectivity index (χ1v) is 11.1. The second kappa shape index (κ2) is 6.93. The number of hydrogen-bond donors (Lipinski definition) is 1. The Hall–Kier alpha value is -0.180. The average molecular weight is 338 g/mol. The number of piperidine rings is 1. The molecule has 0 aromatic carbocycles. The van der Waals surface area contributed by atoms with E-state index in [1.54, 1.807) is 4.31 Å². The zero-order chi connectivity index (χ0) is 15.5. The van der Waals surface area contributed by atoms with Crippen LogP contribution in [-0.2, 0) is 19.9 Å². The van der Waals surface area contributed by atoms with Crippen LogP contribution in [0.15, 0.2) is 0 Å². The molecular weight excluding hydrogens is 312 g/mol. The molecule has 0 unspecified atom stereocenters. The van der Waals surface area contributed by atoms with E-state index in [0.29, 0.717) is 19.0 Å². The topological polar surface area (TPSA) is 83.6 Å². The highest BCUT2D eigenvalue weighted by molar-refractivity contribution is 7.92. The van der Waals surface area contributed by atoms with Crippen molar-refractivity contribution in [2.24, 2.45) is 5.92 Å². The summed E-state index contributed by atoms with van der Waals surface area (Å²) in [7, 11) is -6.35. The highest BCUT2D eigenvalue weighted by atomic mass is 32.2. The number of nitrogens with one attached hydrogen (secondary N) is 1. The SMILES string of the molecule is CCNCC1CCN(S(=O)(=O)C2CCS(=O)(=O)CC2)CC1. The molecule has 21 heavy (non-hydrogen) atoms. The maximum atomic E-state index is 12.6. The number of sulfone groups is 1. The predicted molar refractivity (Wildman–Crippen MR) is 83.4 cm³/mol. The first-order chi connectivity index (χ1) is 9.85. The van der Waals surface area contributed by atoms with Gasteiger partial charge in [-0.05, 0) is 44.7 Å². The zero-order valence-electron chi connectivity index (χ0n) is 12.6. The predicted octanol–water partition coefficient (Wildman–Crippen LogP) is 0.215. The van der Waals surface area contributed by atoms with Gasteiger partial charge < -0.3 is 5.32 Å². The molecule has 1 N–H and O–H groups in total. The summed E-state index contributed by atoms with van der Waals surface area (Å²) >= 11 is 0. The van der Waals surface area contributed by atoms with Crippen LogP contribution in [0, 0.1) is 5.92 Å². The van der Waals surface area contributed by atoms with Crippen LogP contribution in [0.25, 0.3) is 0 Å². The molecule has 0 saturated carbocycles. The van der Waals surface area contributed by atoms with Gasteiger partial charge in [0.1, 0.15) is 9.84 Å². The molecular formula is C13H26N2O4S2. The van der Waals surface area contributed by atoms with Crippen LogP contribution in [0.2, 0.25) is 0 Å². The molecule has 0 aromatic heterocycles. The van der Waals surface area contributed by atoms with Gasteiger partial charge in [0.2, 0.25) is 10.0 Å². The fraction of sp³-hybridized carbons (Fsp3) is 1.00. The van der Waals surface area contributed by atoms with Crippen LogP contribution < -0.4 is 5.32 Å². The van der Waals surface area contributed by atoms with Crippen molar-refractivity contribution in [3.05, 3.63) is 0 Å². The Morgan fingerprint density at radius 3 is 2.19 bits per heavy atom. The van der Waals surface area contributed by atoms with E-state index in [2.05, 4.69) is 12.2 Å². The molecule has 0 bridgehead atoms. The summed E-state index contributed by atoms with van der Waals surface area (Å²) in [5.41, 5.74) is 0. The van der Waals surface area contributed by atoms with Gasteiger partial charge in [-0.25, -0.2) is 21.1 Å². The van der Waals surface area contributed by atoms with Gasteiger partial charge in [-0.3, -0.25) is 0 Å². The smallest absolute Gasteiger partial charge is 0.217 e. The number of sulfonamides is 1. The van der Waals surface area contributed by atoms with Gasteiger partial charge in [-0.15, -0.1) is 0 Å². The molecule has 6 nitrogen and oxygen atoms in total. The highest BCUT2D eigenvalue weighted by Crippen LogP contribution is 2.26. The fourth-order valence-electron chi connectivity index (χ4n) is 3.09. The molecule has 0 aliphatic carbocycles. The molecule has 0 atom stereocenters. The van der Waals surface area contributed by atoms with Crippen molar-refractivity contribution in [1.82, 2.24) is 9.62 Å². The largest absolute Gasteiger partial charge is 0.317 e. The van der Waals surface area contributed by atoms with Crippen molar-refractivity contribution in [3.8, 4) is 0 Å². The Kier molecular flexibility index (Phi) is 5.67. The van der Waals surface area contributed by atoms with Gasteiger partial charge in [0, 0.05) is 13.1 Å². The molecule has 2 aliphatic rings. The molecule has 2 fully saturated rings. The molecule has 124 valence electrons. The Bertz CT molecular complexity index is 523. The summed E-state index contributed by atoms with van der Waals surface area (Å²) in [5, 5.41) is 2.80. The second-order valence-corrected chi connectivity index (χ2v) is 10.6. The summed E-state index contributed by atoms with van der Waals surface area (Å²) in [6, 6.07) is 0. The third-order valence-corrected chi connectivity index (χ3v) is 8.65. The molecule has 0 radical (unpaired) electrons. The molecule has 0 amide bonds. The van der Waals surface area contributed by atoms with Gasteiger partial charge in [-0.1, -0.05) is 6.92 Å². The Balaban J connectivity index is 1.90. The molecule has 8 heteroatoms. The summed E-state index contributed by atoms with van der Waals surface area (Å²) < 4.78 is 49.6. The standard InChI is InChI=1S/C13H26N2O4S2/c1-2-14-11-12-3-7-15(8-4-12)21(18,19)13-5-9-20(16,17)10-6-13/h12-14H,2-11H2,1H3. The van der Waals surface area contributed by atoms with Gasteiger partial charge >= 0.3 is 0 Å². The average Bonchev–Trinajstić information content (AvgIpc) is 2.45. The number of rotatable bonds is 5. The van der Waals surface area contributed by atoms with Crippen LogP contribution in [0.5, 0.6) is 0 Å². The highest BCUT2D eigenvalue weighted by Gasteiger charge is 2.37. The van der Waals surface area contributed by atoms with Crippen LogP contribution in [-0.4, -0.2) is 64.1 Å². The van der Waals surface area contributed by atoms with Crippen LogP contribution in [0.4, 0.5) is 0 Å². The lowest BCUT2D eigenvalue weighted by molar-refractivity contribution is 0.266. The van der Waals surface area contributed by atoms with E-state index in [9.17, 15) is 16.8 Å². The summed E-state index contributed by atoms with van der Waals surface area (Å²) in [6.45, 7) is 5.10. The summed E-state index contributed by atoms with van der Waals surface area (Å²) in [6.07, 6.45) is 2.28. The quantitative estimate of drug-likeness (QED) is 0.775. The van der Waals surface area contributed by atoms with Gasteiger partial charge in [0.05, 0.1) is 16.8 Å². The van der Waals surface area contributed by atoms with Crippen molar-refractivity contribution in [2.45, 2.75) is 37.9 Å². The van der Waals surface area contributed by atoms with E-state index in [-0.39, 0.29) is 24.3 Å². The van der Waals surface area contributed by atoms with E-state index in [4.69, 9.17) is 0 Å². The Morgan fingerprint density at radius 1 is 1.10 bits per heavy atom. The van der Waals surface area contributed by atoms with Crippen molar-refractivity contribution in [1.29, 1.82) is 0 Å². The van der Waals surface area contributed by atoms with Crippen LogP contribution in [0.1, 0.15) is 32.6 Å². The summed E-state index contributed by atoms with van der Waals surface area (Å²) in [5.74, 6) is 0.560. The van der Waals surface area contributed by atoms with Crippen molar-refractivity contribution in [3.63, 3.8) is 0 Å². The van der Waals surface area contributed by atoms with Crippen molar-refractivity contribution < 1.29 is 16.8 Å². The molecule has 0 aromatic rings. The van der Waals surface area contributed by atoms with Gasteiger partial charge in [0.15, 0.2) is 0 Å². The Morgan fingerprint density at radius 2 is 1.67 bits per heavy atom.